The van der Waals surface area contributed by atoms with Gasteiger partial charge in [-0.1, -0.05) is 11.8 Å². The molecule has 27 heavy (non-hydrogen) atoms. The molecule has 4 rings (SSSR count). The Morgan fingerprint density at radius 2 is 2.11 bits per heavy atom. The number of nitrogens with zero attached hydrogens (tertiary/aromatic N) is 3. The first kappa shape index (κ1) is 18.0. The van der Waals surface area contributed by atoms with Gasteiger partial charge in [0.05, 0.1) is 31.0 Å². The number of fused-ring (bicyclic) bond motifs is 2. The number of aromatic nitrogens is 1. The Balaban J connectivity index is 1.53. The normalized spacial score (nSPS) is 17.1. The summed E-state index contributed by atoms with van der Waals surface area (Å²) in [6.45, 7) is 3.13. The number of ether oxygens (including phenoxy) is 1. The fraction of sp³-hybridized carbons (Fsp3) is 0.316. The summed E-state index contributed by atoms with van der Waals surface area (Å²) in [4.78, 5) is 34.1. The van der Waals surface area contributed by atoms with Crippen molar-refractivity contribution in [3.05, 3.63) is 42.1 Å². The molecule has 2 amide bonds. The summed E-state index contributed by atoms with van der Waals surface area (Å²) in [5.41, 5.74) is 1.96. The lowest BCUT2D eigenvalue weighted by molar-refractivity contribution is -0.118. The third-order valence-corrected chi connectivity index (χ3v) is 5.67. The van der Waals surface area contributed by atoms with Crippen molar-refractivity contribution in [3.63, 3.8) is 0 Å². The number of carbonyl (C=O) groups excluding carboxylic acids is 2. The topological polar surface area (TPSA) is 74.8 Å². The molecule has 1 aromatic heterocycles. The van der Waals surface area contributed by atoms with Crippen LogP contribution in [0.5, 0.6) is 0 Å². The van der Waals surface area contributed by atoms with Crippen molar-refractivity contribution in [1.82, 2.24) is 9.88 Å². The van der Waals surface area contributed by atoms with Gasteiger partial charge in [-0.15, -0.1) is 0 Å². The van der Waals surface area contributed by atoms with Gasteiger partial charge in [0.1, 0.15) is 5.03 Å². The van der Waals surface area contributed by atoms with Crippen LogP contribution in [-0.2, 0) is 9.53 Å². The molecule has 0 bridgehead atoms. The Bertz CT molecular complexity index is 883. The summed E-state index contributed by atoms with van der Waals surface area (Å²) in [6, 6.07) is 9.12. The van der Waals surface area contributed by atoms with E-state index in [2.05, 4.69) is 15.2 Å². The Morgan fingerprint density at radius 3 is 2.93 bits per heavy atom. The van der Waals surface area contributed by atoms with E-state index in [1.54, 1.807) is 24.2 Å². The number of nitrogens with one attached hydrogen (secondary N) is 1. The molecule has 8 heteroatoms. The molecule has 7 nitrogen and oxygen atoms in total. The molecular weight excluding hydrogens is 364 g/mol. The molecule has 0 radical (unpaired) electrons. The minimum atomic E-state index is -0.117. The number of pyridine rings is 1. The Labute approximate surface area is 161 Å². The van der Waals surface area contributed by atoms with Gasteiger partial charge in [0.2, 0.25) is 5.91 Å². The third-order valence-electron chi connectivity index (χ3n) is 4.59. The number of carbonyl (C=O) groups is 2. The van der Waals surface area contributed by atoms with Gasteiger partial charge in [0.25, 0.3) is 5.91 Å². The van der Waals surface area contributed by atoms with E-state index < -0.39 is 0 Å². The highest BCUT2D eigenvalue weighted by atomic mass is 32.2. The van der Waals surface area contributed by atoms with Crippen LogP contribution in [0.1, 0.15) is 10.4 Å². The molecule has 2 aliphatic heterocycles. The lowest BCUT2D eigenvalue weighted by Crippen LogP contribution is -2.41. The molecule has 1 fully saturated rings. The highest BCUT2D eigenvalue weighted by Crippen LogP contribution is 2.40. The van der Waals surface area contributed by atoms with E-state index in [4.69, 9.17) is 4.74 Å². The summed E-state index contributed by atoms with van der Waals surface area (Å²) in [5.74, 6) is -0.211. The molecule has 140 valence electrons. The van der Waals surface area contributed by atoms with Gasteiger partial charge in [0.15, 0.2) is 0 Å². The molecule has 0 spiro atoms. The highest BCUT2D eigenvalue weighted by Gasteiger charge is 2.26. The zero-order chi connectivity index (χ0) is 18.8. The lowest BCUT2D eigenvalue weighted by atomic mass is 10.1. The van der Waals surface area contributed by atoms with E-state index >= 15 is 0 Å². The maximum Gasteiger partial charge on any atom is 0.259 e. The van der Waals surface area contributed by atoms with Crippen LogP contribution in [0.2, 0.25) is 0 Å². The van der Waals surface area contributed by atoms with Gasteiger partial charge in [-0.3, -0.25) is 14.5 Å². The molecule has 0 saturated carbocycles. The predicted molar refractivity (Wildman–Crippen MR) is 103 cm³/mol. The van der Waals surface area contributed by atoms with Crippen molar-refractivity contribution in [2.75, 3.05) is 50.1 Å². The molecule has 3 heterocycles. The first-order chi connectivity index (χ1) is 13.1. The molecule has 1 saturated heterocycles. The molecular formula is C19H20N4O3S. The largest absolute Gasteiger partial charge is 0.379 e. The number of benzene rings is 1. The summed E-state index contributed by atoms with van der Waals surface area (Å²) >= 11 is 1.46. The van der Waals surface area contributed by atoms with Crippen molar-refractivity contribution in [1.29, 1.82) is 0 Å². The van der Waals surface area contributed by atoms with E-state index in [-0.39, 0.29) is 11.8 Å². The first-order valence-corrected chi connectivity index (χ1v) is 9.58. The SMILES string of the molecule is CN1C(=O)c2cc(NC(=O)CN3CCOCC3)ccc2Sc2ncccc21. The summed E-state index contributed by atoms with van der Waals surface area (Å²) < 4.78 is 5.30. The smallest absolute Gasteiger partial charge is 0.259 e. The average molecular weight is 384 g/mol. The number of amides is 2. The Morgan fingerprint density at radius 1 is 1.30 bits per heavy atom. The highest BCUT2D eigenvalue weighted by molar-refractivity contribution is 7.99. The quantitative estimate of drug-likeness (QED) is 0.874. The molecule has 1 N–H and O–H groups in total. The van der Waals surface area contributed by atoms with Crippen molar-refractivity contribution >= 4 is 35.0 Å². The van der Waals surface area contributed by atoms with Crippen molar-refractivity contribution in [2.24, 2.45) is 0 Å². The van der Waals surface area contributed by atoms with E-state index in [0.717, 1.165) is 28.7 Å². The van der Waals surface area contributed by atoms with E-state index in [9.17, 15) is 9.59 Å². The second-order valence-electron chi connectivity index (χ2n) is 6.44. The van der Waals surface area contributed by atoms with Crippen LogP contribution in [0.25, 0.3) is 0 Å². The fourth-order valence-corrected chi connectivity index (χ4v) is 4.16. The van der Waals surface area contributed by atoms with Gasteiger partial charge in [0, 0.05) is 36.9 Å². The lowest BCUT2D eigenvalue weighted by Gasteiger charge is -2.25. The third kappa shape index (κ3) is 3.83. The van der Waals surface area contributed by atoms with Gasteiger partial charge >= 0.3 is 0 Å². The minimum absolute atomic E-state index is 0.0936. The van der Waals surface area contributed by atoms with Crippen LogP contribution in [0.15, 0.2) is 46.5 Å². The molecule has 2 aliphatic rings. The van der Waals surface area contributed by atoms with Crippen LogP contribution < -0.4 is 10.2 Å². The molecule has 1 aromatic carbocycles. The second kappa shape index (κ2) is 7.67. The average Bonchev–Trinajstić information content (AvgIpc) is 2.78. The van der Waals surface area contributed by atoms with Crippen molar-refractivity contribution < 1.29 is 14.3 Å². The zero-order valence-electron chi connectivity index (χ0n) is 15.0. The molecule has 0 unspecified atom stereocenters. The van der Waals surface area contributed by atoms with Crippen LogP contribution >= 0.6 is 11.8 Å². The molecule has 0 aliphatic carbocycles. The number of hydrogen-bond acceptors (Lipinski definition) is 6. The van der Waals surface area contributed by atoms with Crippen molar-refractivity contribution in [2.45, 2.75) is 9.92 Å². The van der Waals surface area contributed by atoms with E-state index in [1.165, 1.54) is 11.8 Å². The van der Waals surface area contributed by atoms with Gasteiger partial charge in [-0.05, 0) is 30.3 Å². The summed E-state index contributed by atoms with van der Waals surface area (Å²) in [5, 5.41) is 3.69. The van der Waals surface area contributed by atoms with Crippen LogP contribution in [0.3, 0.4) is 0 Å². The number of morpholine rings is 1. The number of rotatable bonds is 3. The summed E-state index contributed by atoms with van der Waals surface area (Å²) in [6.07, 6.45) is 1.72. The number of anilines is 2. The Kier molecular flexibility index (Phi) is 5.11. The van der Waals surface area contributed by atoms with Crippen LogP contribution in [0, 0.1) is 0 Å². The monoisotopic (exact) mass is 384 g/mol. The fourth-order valence-electron chi connectivity index (χ4n) is 3.14. The van der Waals surface area contributed by atoms with Gasteiger partial charge in [-0.25, -0.2) is 4.98 Å². The maximum atomic E-state index is 12.9. The van der Waals surface area contributed by atoms with Gasteiger partial charge in [-0.2, -0.15) is 0 Å². The minimum Gasteiger partial charge on any atom is -0.379 e. The van der Waals surface area contributed by atoms with Gasteiger partial charge < -0.3 is 15.0 Å². The van der Waals surface area contributed by atoms with Crippen LogP contribution in [0.4, 0.5) is 11.4 Å². The van der Waals surface area contributed by atoms with Crippen LogP contribution in [-0.4, -0.2) is 61.6 Å². The zero-order valence-corrected chi connectivity index (χ0v) is 15.8. The predicted octanol–water partition coefficient (Wildman–Crippen LogP) is 2.09. The standard InChI is InChI=1S/C19H20N4O3S/c1-22-15-3-2-6-20-18(15)27-16-5-4-13(11-14(16)19(22)25)21-17(24)12-23-7-9-26-10-8-23/h2-6,11H,7-10,12H2,1H3,(H,21,24). The van der Waals surface area contributed by atoms with E-state index in [1.807, 2.05) is 24.3 Å². The number of hydrogen-bond donors (Lipinski definition) is 1. The molecule has 2 aromatic rings. The maximum absolute atomic E-state index is 12.9. The second-order valence-corrected chi connectivity index (χ2v) is 7.47. The molecule has 0 atom stereocenters. The van der Waals surface area contributed by atoms with Crippen molar-refractivity contribution in [3.8, 4) is 0 Å². The first-order valence-electron chi connectivity index (χ1n) is 8.77. The van der Waals surface area contributed by atoms with E-state index in [0.29, 0.717) is 31.0 Å². The summed E-state index contributed by atoms with van der Waals surface area (Å²) in [7, 11) is 1.74. The Hall–Kier alpha value is -2.42.